The molecule has 0 unspecified atom stereocenters. The highest BCUT2D eigenvalue weighted by atomic mass is 16.5. The second-order valence-corrected chi connectivity index (χ2v) is 4.53. The minimum absolute atomic E-state index is 0.0322. The fraction of sp³-hybridized carbons (Fsp3) is 0.222. The summed E-state index contributed by atoms with van der Waals surface area (Å²) in [6, 6.07) is 15.2. The van der Waals surface area contributed by atoms with Crippen molar-refractivity contribution in [2.45, 2.75) is 19.6 Å². The average molecular weight is 282 g/mol. The first-order valence-corrected chi connectivity index (χ1v) is 6.83. The average Bonchev–Trinajstić information content (AvgIpc) is 2.54. The zero-order valence-corrected chi connectivity index (χ0v) is 11.7. The minimum Gasteiger partial charge on any atom is -0.489 e. The number of aliphatic hydroxyl groups excluding tert-OH is 2. The van der Waals surface area contributed by atoms with Gasteiger partial charge in [-0.1, -0.05) is 42.2 Å². The van der Waals surface area contributed by atoms with Crippen molar-refractivity contribution in [1.82, 2.24) is 0 Å². The summed E-state index contributed by atoms with van der Waals surface area (Å²) in [4.78, 5) is 0. The number of hydrogen-bond donors (Lipinski definition) is 2. The molecular formula is C18H18O3. The van der Waals surface area contributed by atoms with E-state index in [1.807, 2.05) is 48.5 Å². The molecule has 3 nitrogen and oxygen atoms in total. The van der Waals surface area contributed by atoms with Gasteiger partial charge in [0.2, 0.25) is 0 Å². The maximum absolute atomic E-state index is 9.24. The van der Waals surface area contributed by atoms with E-state index in [0.717, 1.165) is 16.7 Å². The number of para-hydroxylation sites is 1. The molecule has 0 spiro atoms. The van der Waals surface area contributed by atoms with Gasteiger partial charge in [0.1, 0.15) is 12.4 Å². The van der Waals surface area contributed by atoms with Crippen molar-refractivity contribution in [2.24, 2.45) is 0 Å². The minimum atomic E-state index is -0.0322. The van der Waals surface area contributed by atoms with Crippen molar-refractivity contribution in [1.29, 1.82) is 0 Å². The van der Waals surface area contributed by atoms with Crippen LogP contribution >= 0.6 is 0 Å². The monoisotopic (exact) mass is 282 g/mol. The van der Waals surface area contributed by atoms with E-state index >= 15 is 0 Å². The first-order chi connectivity index (χ1) is 10.3. The Morgan fingerprint density at radius 1 is 0.952 bits per heavy atom. The smallest absolute Gasteiger partial charge is 0.125 e. The standard InChI is InChI=1S/C18H18O3/c19-12-4-3-5-15-8-10-16(11-9-15)14-21-18-7-2-1-6-17(18)13-20/h1-2,6-11,19-20H,4,12-14H2. The second kappa shape index (κ2) is 8.11. The van der Waals surface area contributed by atoms with Crippen LogP contribution in [0.4, 0.5) is 0 Å². The largest absolute Gasteiger partial charge is 0.489 e. The molecule has 2 N–H and O–H groups in total. The van der Waals surface area contributed by atoms with E-state index in [1.165, 1.54) is 0 Å². The summed E-state index contributed by atoms with van der Waals surface area (Å²) in [6.45, 7) is 0.500. The normalized spacial score (nSPS) is 9.81. The number of hydrogen-bond acceptors (Lipinski definition) is 3. The summed E-state index contributed by atoms with van der Waals surface area (Å²) in [5, 5.41) is 17.9. The van der Waals surface area contributed by atoms with E-state index in [2.05, 4.69) is 11.8 Å². The molecule has 2 aromatic carbocycles. The molecule has 0 aliphatic rings. The highest BCUT2D eigenvalue weighted by Gasteiger charge is 2.01. The van der Waals surface area contributed by atoms with Crippen LogP contribution in [0, 0.1) is 11.8 Å². The maximum Gasteiger partial charge on any atom is 0.125 e. The van der Waals surface area contributed by atoms with Crippen LogP contribution in [0.2, 0.25) is 0 Å². The van der Waals surface area contributed by atoms with Crippen molar-refractivity contribution in [3.05, 3.63) is 65.2 Å². The molecule has 0 bridgehead atoms. The fourth-order valence-electron chi connectivity index (χ4n) is 1.84. The van der Waals surface area contributed by atoms with E-state index < -0.39 is 0 Å². The Bertz CT molecular complexity index is 621. The quantitative estimate of drug-likeness (QED) is 0.828. The lowest BCUT2D eigenvalue weighted by Crippen LogP contribution is -1.98. The van der Waals surface area contributed by atoms with Gasteiger partial charge >= 0.3 is 0 Å². The Balaban J connectivity index is 1.96. The Morgan fingerprint density at radius 2 is 1.71 bits per heavy atom. The highest BCUT2D eigenvalue weighted by Crippen LogP contribution is 2.19. The van der Waals surface area contributed by atoms with Crippen LogP contribution in [0.25, 0.3) is 0 Å². The third kappa shape index (κ3) is 4.64. The van der Waals surface area contributed by atoms with Crippen LogP contribution < -0.4 is 4.74 Å². The molecule has 0 fully saturated rings. The lowest BCUT2D eigenvalue weighted by Gasteiger charge is -2.09. The van der Waals surface area contributed by atoms with E-state index in [1.54, 1.807) is 0 Å². The lowest BCUT2D eigenvalue weighted by molar-refractivity contribution is 0.259. The van der Waals surface area contributed by atoms with Crippen LogP contribution in [0.3, 0.4) is 0 Å². The van der Waals surface area contributed by atoms with Crippen molar-refractivity contribution < 1.29 is 14.9 Å². The second-order valence-electron chi connectivity index (χ2n) is 4.53. The van der Waals surface area contributed by atoms with Crippen molar-refractivity contribution >= 4 is 0 Å². The highest BCUT2D eigenvalue weighted by molar-refractivity contribution is 5.37. The van der Waals surface area contributed by atoms with Crippen LogP contribution in [0.1, 0.15) is 23.1 Å². The van der Waals surface area contributed by atoms with Crippen LogP contribution in [0.15, 0.2) is 48.5 Å². The first kappa shape index (κ1) is 15.1. The number of aliphatic hydroxyl groups is 2. The van der Waals surface area contributed by atoms with E-state index in [9.17, 15) is 5.11 Å². The molecule has 0 amide bonds. The number of ether oxygens (including phenoxy) is 1. The van der Waals surface area contributed by atoms with Crippen molar-refractivity contribution in [3.8, 4) is 17.6 Å². The van der Waals surface area contributed by atoms with Crippen molar-refractivity contribution in [3.63, 3.8) is 0 Å². The molecule has 0 saturated carbocycles. The molecule has 2 rings (SSSR count). The van der Waals surface area contributed by atoms with Crippen LogP contribution in [-0.2, 0) is 13.2 Å². The third-order valence-electron chi connectivity index (χ3n) is 2.96. The molecule has 0 aliphatic heterocycles. The molecule has 21 heavy (non-hydrogen) atoms. The molecule has 0 atom stereocenters. The van der Waals surface area contributed by atoms with E-state index in [4.69, 9.17) is 9.84 Å². The van der Waals surface area contributed by atoms with Gasteiger partial charge in [0, 0.05) is 17.5 Å². The summed E-state index contributed by atoms with van der Waals surface area (Å²) in [6.07, 6.45) is 0.489. The topological polar surface area (TPSA) is 49.7 Å². The molecule has 108 valence electrons. The molecule has 0 aliphatic carbocycles. The van der Waals surface area contributed by atoms with Gasteiger partial charge in [-0.25, -0.2) is 0 Å². The van der Waals surface area contributed by atoms with E-state index in [-0.39, 0.29) is 13.2 Å². The van der Waals surface area contributed by atoms with Crippen molar-refractivity contribution in [2.75, 3.05) is 6.61 Å². The van der Waals surface area contributed by atoms with Gasteiger partial charge in [0.15, 0.2) is 0 Å². The molecule has 0 aromatic heterocycles. The predicted molar refractivity (Wildman–Crippen MR) is 81.7 cm³/mol. The lowest BCUT2D eigenvalue weighted by atomic mass is 10.1. The van der Waals surface area contributed by atoms with E-state index in [0.29, 0.717) is 18.8 Å². The van der Waals surface area contributed by atoms with Gasteiger partial charge in [-0.3, -0.25) is 0 Å². The Labute approximate surface area is 124 Å². The SMILES string of the molecule is OCCC#Cc1ccc(COc2ccccc2CO)cc1. The number of benzene rings is 2. The van der Waals surface area contributed by atoms with Gasteiger partial charge in [-0.15, -0.1) is 0 Å². The van der Waals surface area contributed by atoms with Gasteiger partial charge in [0.05, 0.1) is 13.2 Å². The van der Waals surface area contributed by atoms with Crippen LogP contribution in [-0.4, -0.2) is 16.8 Å². The van der Waals surface area contributed by atoms with Gasteiger partial charge in [0.25, 0.3) is 0 Å². The Hall–Kier alpha value is -2.28. The van der Waals surface area contributed by atoms with Gasteiger partial charge in [-0.05, 0) is 23.8 Å². The molecule has 2 aromatic rings. The summed E-state index contributed by atoms with van der Waals surface area (Å²) >= 11 is 0. The number of rotatable bonds is 5. The molecule has 0 heterocycles. The first-order valence-electron chi connectivity index (χ1n) is 6.83. The Kier molecular flexibility index (Phi) is 5.83. The summed E-state index contributed by atoms with van der Waals surface area (Å²) in [5.74, 6) is 6.57. The zero-order chi connectivity index (χ0) is 14.9. The molecule has 0 saturated heterocycles. The molecule has 3 heteroatoms. The van der Waals surface area contributed by atoms with Gasteiger partial charge < -0.3 is 14.9 Å². The summed E-state index contributed by atoms with van der Waals surface area (Å²) in [5.41, 5.74) is 2.74. The zero-order valence-electron chi connectivity index (χ0n) is 11.7. The van der Waals surface area contributed by atoms with Crippen LogP contribution in [0.5, 0.6) is 5.75 Å². The fourth-order valence-corrected chi connectivity index (χ4v) is 1.84. The summed E-state index contributed by atoms with van der Waals surface area (Å²) < 4.78 is 5.72. The predicted octanol–water partition coefficient (Wildman–Crippen LogP) is 2.49. The summed E-state index contributed by atoms with van der Waals surface area (Å²) in [7, 11) is 0. The van der Waals surface area contributed by atoms with Gasteiger partial charge in [-0.2, -0.15) is 0 Å². The maximum atomic E-state index is 9.24. The third-order valence-corrected chi connectivity index (χ3v) is 2.96. The molecule has 0 radical (unpaired) electrons. The molecular weight excluding hydrogens is 264 g/mol. The Morgan fingerprint density at radius 3 is 2.43 bits per heavy atom.